The van der Waals surface area contributed by atoms with Gasteiger partial charge in [-0.1, -0.05) is 38.1 Å². The van der Waals surface area contributed by atoms with Crippen LogP contribution in [-0.2, 0) is 20.5 Å². The Labute approximate surface area is 101 Å². The van der Waals surface area contributed by atoms with Crippen molar-refractivity contribution in [3.8, 4) is 0 Å². The molecule has 0 spiro atoms. The quantitative estimate of drug-likeness (QED) is 0.807. The molecule has 1 N–H and O–H groups in total. The van der Waals surface area contributed by atoms with Gasteiger partial charge in [-0.3, -0.25) is 0 Å². The van der Waals surface area contributed by atoms with Gasteiger partial charge in [0.15, 0.2) is 11.4 Å². The van der Waals surface area contributed by atoms with Crippen LogP contribution in [0.25, 0.3) is 0 Å². The molecule has 0 saturated carbocycles. The van der Waals surface area contributed by atoms with Gasteiger partial charge in [-0.15, -0.1) is 0 Å². The summed E-state index contributed by atoms with van der Waals surface area (Å²) in [6.07, 6.45) is 0. The van der Waals surface area contributed by atoms with Crippen molar-refractivity contribution in [2.45, 2.75) is 37.6 Å². The first-order valence-electron chi connectivity index (χ1n) is 6.04. The number of rotatable bonds is 1. The number of hydrogen-bond acceptors (Lipinski definition) is 3. The van der Waals surface area contributed by atoms with Crippen LogP contribution in [-0.4, -0.2) is 24.1 Å². The lowest BCUT2D eigenvalue weighted by Crippen LogP contribution is -2.67. The van der Waals surface area contributed by atoms with Crippen LogP contribution in [0.2, 0.25) is 0 Å². The van der Waals surface area contributed by atoms with Gasteiger partial charge in [0.05, 0.1) is 13.2 Å². The Bertz CT molecular complexity index is 460. The maximum atomic E-state index is 11.1. The summed E-state index contributed by atoms with van der Waals surface area (Å²) in [6.45, 7) is 6.98. The fourth-order valence-electron chi connectivity index (χ4n) is 3.35. The van der Waals surface area contributed by atoms with E-state index in [9.17, 15) is 5.11 Å². The number of hydrogen-bond donors (Lipinski definition) is 1. The summed E-state index contributed by atoms with van der Waals surface area (Å²) in [5.41, 5.74) is 0.660. The molecule has 17 heavy (non-hydrogen) atoms. The first-order chi connectivity index (χ1) is 7.93. The lowest BCUT2D eigenvalue weighted by Gasteiger charge is -2.59. The van der Waals surface area contributed by atoms with E-state index in [4.69, 9.17) is 9.47 Å². The third-order valence-corrected chi connectivity index (χ3v) is 4.39. The molecule has 0 radical (unpaired) electrons. The first-order valence-corrected chi connectivity index (χ1v) is 6.04. The SMILES string of the molecule is CC1(C2(O)c3ccccc3C2(C)C)OCCO1. The maximum absolute atomic E-state index is 11.1. The summed E-state index contributed by atoms with van der Waals surface area (Å²) in [6, 6.07) is 7.95. The van der Waals surface area contributed by atoms with Gasteiger partial charge >= 0.3 is 0 Å². The highest BCUT2D eigenvalue weighted by Gasteiger charge is 2.68. The number of ether oxygens (including phenoxy) is 2. The second-order valence-electron chi connectivity index (χ2n) is 5.52. The molecular weight excluding hydrogens is 216 g/mol. The van der Waals surface area contributed by atoms with Gasteiger partial charge in [0, 0.05) is 5.41 Å². The molecule has 3 heteroatoms. The van der Waals surface area contributed by atoms with Gasteiger partial charge in [-0.2, -0.15) is 0 Å². The molecule has 1 fully saturated rings. The fourth-order valence-corrected chi connectivity index (χ4v) is 3.35. The van der Waals surface area contributed by atoms with E-state index < -0.39 is 11.4 Å². The summed E-state index contributed by atoms with van der Waals surface area (Å²) in [4.78, 5) is 0. The standard InChI is InChI=1S/C14H18O3/c1-12(2)10-6-4-5-7-11(10)14(12,15)13(3)16-8-9-17-13/h4-7,15H,8-9H2,1-3H3. The Morgan fingerprint density at radius 1 is 1.00 bits per heavy atom. The van der Waals surface area contributed by atoms with Crippen molar-refractivity contribution in [2.75, 3.05) is 13.2 Å². The topological polar surface area (TPSA) is 38.7 Å². The van der Waals surface area contributed by atoms with E-state index in [0.717, 1.165) is 5.56 Å². The maximum Gasteiger partial charge on any atom is 0.199 e. The average Bonchev–Trinajstić information content (AvgIpc) is 2.76. The van der Waals surface area contributed by atoms with Crippen molar-refractivity contribution >= 4 is 0 Å². The summed E-state index contributed by atoms with van der Waals surface area (Å²) < 4.78 is 11.3. The molecule has 1 saturated heterocycles. The minimum absolute atomic E-state index is 0.358. The van der Waals surface area contributed by atoms with Crippen molar-refractivity contribution in [2.24, 2.45) is 0 Å². The molecule has 2 aliphatic rings. The van der Waals surface area contributed by atoms with Crippen molar-refractivity contribution in [3.63, 3.8) is 0 Å². The van der Waals surface area contributed by atoms with Crippen LogP contribution in [0.15, 0.2) is 24.3 Å². The van der Waals surface area contributed by atoms with Crippen molar-refractivity contribution in [1.82, 2.24) is 0 Å². The van der Waals surface area contributed by atoms with E-state index in [1.165, 1.54) is 5.56 Å². The fraction of sp³-hybridized carbons (Fsp3) is 0.571. The largest absolute Gasteiger partial charge is 0.379 e. The van der Waals surface area contributed by atoms with Gasteiger partial charge in [0.2, 0.25) is 0 Å². The zero-order valence-corrected chi connectivity index (χ0v) is 10.5. The molecule has 1 aromatic rings. The normalized spacial score (nSPS) is 32.9. The molecule has 3 nitrogen and oxygen atoms in total. The van der Waals surface area contributed by atoms with E-state index >= 15 is 0 Å². The van der Waals surface area contributed by atoms with Crippen LogP contribution in [0.5, 0.6) is 0 Å². The molecule has 3 rings (SSSR count). The number of fused-ring (bicyclic) bond motifs is 1. The number of benzene rings is 1. The highest BCUT2D eigenvalue weighted by atomic mass is 16.7. The zero-order chi connectivity index (χ0) is 12.3. The highest BCUT2D eigenvalue weighted by molar-refractivity contribution is 5.53. The summed E-state index contributed by atoms with van der Waals surface area (Å²) in [5.74, 6) is -0.940. The van der Waals surface area contributed by atoms with Gasteiger partial charge in [-0.05, 0) is 18.1 Å². The van der Waals surface area contributed by atoms with Crippen molar-refractivity contribution < 1.29 is 14.6 Å². The minimum atomic E-state index is -1.08. The Hall–Kier alpha value is -0.900. The molecule has 0 aromatic heterocycles. The van der Waals surface area contributed by atoms with E-state index in [1.54, 1.807) is 0 Å². The van der Waals surface area contributed by atoms with Gasteiger partial charge in [0.1, 0.15) is 0 Å². The smallest absolute Gasteiger partial charge is 0.199 e. The van der Waals surface area contributed by atoms with E-state index in [1.807, 2.05) is 39.0 Å². The molecular formula is C14H18O3. The highest BCUT2D eigenvalue weighted by Crippen LogP contribution is 2.60. The number of aliphatic hydroxyl groups is 1. The first kappa shape index (κ1) is 11.2. The Morgan fingerprint density at radius 3 is 2.12 bits per heavy atom. The second kappa shape index (κ2) is 3.10. The molecule has 1 atom stereocenters. The van der Waals surface area contributed by atoms with E-state index in [2.05, 4.69) is 6.07 Å². The minimum Gasteiger partial charge on any atom is -0.379 e. The summed E-state index contributed by atoms with van der Waals surface area (Å²) in [5, 5.41) is 11.1. The monoisotopic (exact) mass is 234 g/mol. The average molecular weight is 234 g/mol. The molecule has 92 valence electrons. The van der Waals surface area contributed by atoms with Crippen LogP contribution < -0.4 is 0 Å². The lowest BCUT2D eigenvalue weighted by atomic mass is 9.52. The lowest BCUT2D eigenvalue weighted by molar-refractivity contribution is -0.299. The molecule has 1 heterocycles. The summed E-state index contributed by atoms with van der Waals surface area (Å²) >= 11 is 0. The third-order valence-electron chi connectivity index (χ3n) is 4.39. The molecule has 0 amide bonds. The summed E-state index contributed by atoms with van der Waals surface area (Å²) in [7, 11) is 0. The molecule has 0 bridgehead atoms. The molecule has 1 unspecified atom stereocenters. The van der Waals surface area contributed by atoms with Crippen LogP contribution >= 0.6 is 0 Å². The predicted octanol–water partition coefficient (Wildman–Crippen LogP) is 1.93. The van der Waals surface area contributed by atoms with Gasteiger partial charge < -0.3 is 14.6 Å². The predicted molar refractivity (Wildman–Crippen MR) is 63.7 cm³/mol. The van der Waals surface area contributed by atoms with Gasteiger partial charge in [-0.25, -0.2) is 0 Å². The van der Waals surface area contributed by atoms with Crippen molar-refractivity contribution in [3.05, 3.63) is 35.4 Å². The Morgan fingerprint density at radius 2 is 1.53 bits per heavy atom. The van der Waals surface area contributed by atoms with Gasteiger partial charge in [0.25, 0.3) is 0 Å². The van der Waals surface area contributed by atoms with E-state index in [0.29, 0.717) is 13.2 Å². The van der Waals surface area contributed by atoms with Crippen LogP contribution in [0.4, 0.5) is 0 Å². The molecule has 1 aromatic carbocycles. The molecule has 1 aliphatic heterocycles. The third kappa shape index (κ3) is 1.07. The second-order valence-corrected chi connectivity index (χ2v) is 5.52. The van der Waals surface area contributed by atoms with Crippen LogP contribution in [0, 0.1) is 0 Å². The van der Waals surface area contributed by atoms with Crippen LogP contribution in [0.1, 0.15) is 31.9 Å². The zero-order valence-electron chi connectivity index (χ0n) is 10.5. The Balaban J connectivity index is 2.16. The Kier molecular flexibility index (Phi) is 2.05. The van der Waals surface area contributed by atoms with Crippen LogP contribution in [0.3, 0.4) is 0 Å². The molecule has 1 aliphatic carbocycles. The van der Waals surface area contributed by atoms with Crippen molar-refractivity contribution in [1.29, 1.82) is 0 Å². The van der Waals surface area contributed by atoms with E-state index in [-0.39, 0.29) is 5.41 Å².